The average Bonchev–Trinajstić information content (AvgIpc) is 1.63. The first-order chi connectivity index (χ1) is 54.2. The molecule has 111 heavy (non-hydrogen) atoms. The van der Waals surface area contributed by atoms with Crippen molar-refractivity contribution in [3.63, 3.8) is 0 Å². The maximum atomic E-state index is 12.4. The Morgan fingerprint density at radius 1 is 0.360 bits per heavy atom. The number of H-pyrrole nitrogens is 6. The number of hydrogen-bond donors (Lipinski definition) is 9. The Balaban J connectivity index is 0.000000126. The summed E-state index contributed by atoms with van der Waals surface area (Å²) in [4.78, 5) is 88.2. The molecule has 6 aromatic carbocycles. The number of nitrogens with zero attached hydrogens (tertiary/aromatic N) is 12. The zero-order valence-corrected chi connectivity index (χ0v) is 61.4. The molecule has 0 unspecified atom stereocenters. The Labute approximate surface area is 636 Å². The molecule has 12 heterocycles. The van der Waals surface area contributed by atoms with Gasteiger partial charge in [0, 0.05) is 106 Å². The third-order valence-electron chi connectivity index (χ3n) is 18.7. The Bertz CT molecular complexity index is 6430. The summed E-state index contributed by atoms with van der Waals surface area (Å²) in [6.07, 6.45) is 19.8. The van der Waals surface area contributed by atoms with Crippen molar-refractivity contribution in [3.8, 4) is 102 Å². The number of carbonyl (C=O) groups is 3. The lowest BCUT2D eigenvalue weighted by Gasteiger charge is -2.17. The summed E-state index contributed by atoms with van der Waals surface area (Å²) in [5, 5.41) is 34.7. The van der Waals surface area contributed by atoms with Crippen LogP contribution in [0.25, 0.3) is 168 Å². The molecule has 546 valence electrons. The second-order valence-corrected chi connectivity index (χ2v) is 28.1. The first kappa shape index (κ1) is 70.7. The summed E-state index contributed by atoms with van der Waals surface area (Å²) in [5.41, 5.74) is 23.2. The van der Waals surface area contributed by atoms with Gasteiger partial charge < -0.3 is 30.9 Å². The Hall–Kier alpha value is -14.6. The van der Waals surface area contributed by atoms with Crippen LogP contribution in [-0.2, 0) is 14.4 Å². The normalized spacial score (nSPS) is 11.4. The molecule has 24 nitrogen and oxygen atoms in total. The molecular weight excluding hydrogens is 1390 g/mol. The number of carbonyl (C=O) groups excluding carboxylic acids is 3. The topological polar surface area (TPSA) is 337 Å². The van der Waals surface area contributed by atoms with E-state index in [1.165, 1.54) is 0 Å². The van der Waals surface area contributed by atoms with Crippen LogP contribution in [-0.4, -0.2) is 108 Å². The van der Waals surface area contributed by atoms with E-state index in [-0.39, 0.29) is 23.1 Å². The molecular formula is C87H75N21O3. The van der Waals surface area contributed by atoms with Gasteiger partial charge in [-0.15, -0.1) is 0 Å². The molecule has 0 atom stereocenters. The number of aromatic amines is 6. The van der Waals surface area contributed by atoms with E-state index in [4.69, 9.17) is 15.0 Å². The average molecular weight is 1460 g/mol. The smallest absolute Gasteiger partial charge is 0.224 e. The third kappa shape index (κ3) is 15.6. The monoisotopic (exact) mass is 1460 g/mol. The molecule has 0 aliphatic rings. The van der Waals surface area contributed by atoms with Gasteiger partial charge in [0.15, 0.2) is 17.5 Å². The van der Waals surface area contributed by atoms with Gasteiger partial charge >= 0.3 is 0 Å². The van der Waals surface area contributed by atoms with Crippen LogP contribution < -0.4 is 16.0 Å². The van der Waals surface area contributed by atoms with Crippen LogP contribution in [0.3, 0.4) is 0 Å². The van der Waals surface area contributed by atoms with Gasteiger partial charge in [0.1, 0.15) is 17.1 Å². The van der Waals surface area contributed by atoms with Crippen LogP contribution in [0.5, 0.6) is 0 Å². The Morgan fingerprint density at radius 2 is 0.721 bits per heavy atom. The molecule has 0 saturated heterocycles. The second kappa shape index (κ2) is 31.1. The van der Waals surface area contributed by atoms with E-state index in [0.717, 1.165) is 169 Å². The number of aromatic nitrogens is 18. The van der Waals surface area contributed by atoms with Crippen molar-refractivity contribution in [2.75, 3.05) is 16.0 Å². The largest absolute Gasteiger partial charge is 0.337 e. The Morgan fingerprint density at radius 3 is 1.05 bits per heavy atom. The number of pyridine rings is 6. The summed E-state index contributed by atoms with van der Waals surface area (Å²) in [6.45, 7) is 10.2. The zero-order chi connectivity index (χ0) is 76.0. The maximum absolute atomic E-state index is 12.4. The Kier molecular flexibility index (Phi) is 19.8. The maximum Gasteiger partial charge on any atom is 0.224 e. The molecule has 0 aliphatic heterocycles. The van der Waals surface area contributed by atoms with Crippen LogP contribution in [0.1, 0.15) is 73.1 Å². The highest BCUT2D eigenvalue weighted by Gasteiger charge is 2.22. The van der Waals surface area contributed by atoms with E-state index >= 15 is 0 Å². The van der Waals surface area contributed by atoms with Crippen LogP contribution >= 0.6 is 0 Å². The number of imidazole rings is 3. The van der Waals surface area contributed by atoms with E-state index in [1.807, 2.05) is 191 Å². The first-order valence-electron chi connectivity index (χ1n) is 36.6. The van der Waals surface area contributed by atoms with Crippen molar-refractivity contribution in [1.82, 2.24) is 90.4 Å². The molecule has 9 N–H and O–H groups in total. The van der Waals surface area contributed by atoms with Gasteiger partial charge in [-0.25, -0.2) is 15.0 Å². The van der Waals surface area contributed by atoms with Crippen LogP contribution in [0.2, 0.25) is 0 Å². The predicted octanol–water partition coefficient (Wildman–Crippen LogP) is 18.9. The standard InChI is InChI=1S/C30H27N7O.C29H25N7O.C28H23N7O/c1-30(2,3)15-26(38)33-20-13-19(16-31-17-20)18-10-11-24-22(14-18)28(37-36-24)29-34-25-9-6-7-21(27(25)35-29)23-8-4-5-12-32-23;1-2-3-10-26(37)32-20-14-19(16-30-17-20)18-11-12-24-22(15-18)28(36-35-24)29-33-25-9-6-7-21(27(25)34-29)23-8-4-5-13-31-23;1-2-6-25(36)31-19-13-18(15-29-16-19)17-10-11-23-21(14-17)27(35-34-23)28-32-24-9-5-7-20(26(24)33-28)22-8-3-4-12-30-22/h4-14,16-17H,15H2,1-3H3,(H,33,38)(H,34,35)(H,36,37);4-9,11-17H,2-3,10H2,1H3,(H,32,37)(H,33,34)(H,35,36);3-5,7-16H,2,6H2,1H3,(H,31,36)(H,32,33)(H,34,35). The highest BCUT2D eigenvalue weighted by atomic mass is 16.2. The summed E-state index contributed by atoms with van der Waals surface area (Å²) in [6, 6.07) is 59.7. The van der Waals surface area contributed by atoms with Gasteiger partial charge in [0.25, 0.3) is 0 Å². The minimum Gasteiger partial charge on any atom is -0.337 e. The van der Waals surface area contributed by atoms with Crippen molar-refractivity contribution in [2.45, 2.75) is 73.1 Å². The summed E-state index contributed by atoms with van der Waals surface area (Å²) < 4.78 is 0. The van der Waals surface area contributed by atoms with Crippen molar-refractivity contribution in [1.29, 1.82) is 0 Å². The van der Waals surface area contributed by atoms with E-state index in [1.54, 1.807) is 55.8 Å². The molecule has 0 spiro atoms. The fraction of sp³-hybridized carbons (Fsp3) is 0.138. The van der Waals surface area contributed by atoms with E-state index < -0.39 is 0 Å². The molecule has 18 aromatic rings. The molecule has 24 heteroatoms. The number of amides is 3. The third-order valence-corrected chi connectivity index (χ3v) is 18.7. The van der Waals surface area contributed by atoms with Crippen LogP contribution in [0.4, 0.5) is 17.1 Å². The van der Waals surface area contributed by atoms with Crippen LogP contribution in [0, 0.1) is 5.41 Å². The summed E-state index contributed by atoms with van der Waals surface area (Å²) >= 11 is 0. The minimum atomic E-state index is -0.0904. The molecule has 18 rings (SSSR count). The fourth-order valence-corrected chi connectivity index (χ4v) is 13.4. The van der Waals surface area contributed by atoms with E-state index in [9.17, 15) is 14.4 Å². The van der Waals surface area contributed by atoms with Crippen molar-refractivity contribution in [3.05, 3.63) is 238 Å². The second-order valence-electron chi connectivity index (χ2n) is 28.1. The van der Waals surface area contributed by atoms with E-state index in [0.29, 0.717) is 53.8 Å². The molecule has 0 radical (unpaired) electrons. The highest BCUT2D eigenvalue weighted by Crippen LogP contribution is 2.38. The van der Waals surface area contributed by atoms with Crippen molar-refractivity contribution >= 4 is 101 Å². The minimum absolute atomic E-state index is 0.00308. The van der Waals surface area contributed by atoms with Gasteiger partial charge in [-0.05, 0) is 144 Å². The van der Waals surface area contributed by atoms with Gasteiger partial charge in [-0.1, -0.05) is 114 Å². The lowest BCUT2D eigenvalue weighted by molar-refractivity contribution is -0.118. The number of benzene rings is 6. The van der Waals surface area contributed by atoms with Gasteiger partial charge in [0.2, 0.25) is 17.7 Å². The predicted molar refractivity (Wildman–Crippen MR) is 437 cm³/mol. The summed E-state index contributed by atoms with van der Waals surface area (Å²) in [5.74, 6) is 1.99. The van der Waals surface area contributed by atoms with Crippen LogP contribution in [0.15, 0.2) is 238 Å². The SMILES string of the molecule is CC(C)(C)CC(=O)Nc1cncc(-c2ccc3[nH]nc(-c4nc5c(-c6ccccn6)cccc5[nH]4)c3c2)c1.CCCC(=O)Nc1cncc(-c2ccc3[nH]nc(-c4nc5c(-c6ccccn6)cccc5[nH]4)c3c2)c1.CCCCC(=O)Nc1cncc(-c2ccc3[nH]nc(-c4nc5c(-c6ccccn6)cccc5[nH]4)c3c2)c1. The molecule has 0 fully saturated rings. The number of nitrogens with one attached hydrogen (secondary N) is 9. The number of rotatable bonds is 18. The lowest BCUT2D eigenvalue weighted by atomic mass is 9.92. The quantitative estimate of drug-likeness (QED) is 0.0385. The molecule has 3 amide bonds. The first-order valence-corrected chi connectivity index (χ1v) is 36.6. The number of anilines is 3. The van der Waals surface area contributed by atoms with Gasteiger partial charge in [-0.2, -0.15) is 15.3 Å². The molecule has 0 saturated carbocycles. The van der Waals surface area contributed by atoms with E-state index in [2.05, 4.69) is 117 Å². The van der Waals surface area contributed by atoms with Gasteiger partial charge in [-0.3, -0.25) is 59.6 Å². The molecule has 12 aromatic heterocycles. The van der Waals surface area contributed by atoms with Crippen molar-refractivity contribution < 1.29 is 14.4 Å². The molecule has 0 bridgehead atoms. The number of hydrogen-bond acceptors (Lipinski definition) is 15. The van der Waals surface area contributed by atoms with Crippen molar-refractivity contribution in [2.24, 2.45) is 5.41 Å². The highest BCUT2D eigenvalue weighted by molar-refractivity contribution is 6.03. The molecule has 0 aliphatic carbocycles. The summed E-state index contributed by atoms with van der Waals surface area (Å²) in [7, 11) is 0. The zero-order valence-electron chi connectivity index (χ0n) is 61.4. The van der Waals surface area contributed by atoms with Gasteiger partial charge in [0.05, 0.1) is 102 Å². The fourth-order valence-electron chi connectivity index (χ4n) is 13.4. The number of unbranched alkanes of at least 4 members (excludes halogenated alkanes) is 1. The number of para-hydroxylation sites is 3. The lowest BCUT2D eigenvalue weighted by Crippen LogP contribution is -2.19. The number of fused-ring (bicyclic) bond motifs is 6.